The van der Waals surface area contributed by atoms with Crippen LogP contribution in [-0.4, -0.2) is 13.5 Å². The topological polar surface area (TPSA) is 54.4 Å². The summed E-state index contributed by atoms with van der Waals surface area (Å²) in [5, 5.41) is 10.9. The fourth-order valence-electron chi connectivity index (χ4n) is 1.75. The van der Waals surface area contributed by atoms with E-state index in [-0.39, 0.29) is 10.7 Å². The molecule has 0 amide bonds. The van der Waals surface area contributed by atoms with E-state index in [9.17, 15) is 13.5 Å². The Morgan fingerprint density at radius 2 is 1.58 bits per heavy atom. The van der Waals surface area contributed by atoms with Crippen LogP contribution < -0.4 is 0 Å². The first-order chi connectivity index (χ1) is 9.00. The molecule has 4 heteroatoms. The number of hydrogen-bond acceptors (Lipinski definition) is 3. The van der Waals surface area contributed by atoms with Gasteiger partial charge in [0.25, 0.3) is 0 Å². The highest BCUT2D eigenvalue weighted by Crippen LogP contribution is 2.20. The Morgan fingerprint density at radius 1 is 1.00 bits per heavy atom. The highest BCUT2D eigenvalue weighted by atomic mass is 32.2. The van der Waals surface area contributed by atoms with Gasteiger partial charge in [0.05, 0.1) is 10.3 Å². The minimum absolute atomic E-state index is 0.162. The molecule has 19 heavy (non-hydrogen) atoms. The number of sulfone groups is 1. The zero-order valence-electron chi connectivity index (χ0n) is 10.4. The maximum absolute atomic E-state index is 12.1. The number of rotatable bonds is 3. The summed E-state index contributed by atoms with van der Waals surface area (Å²) >= 11 is 0. The number of benzene rings is 2. The van der Waals surface area contributed by atoms with Gasteiger partial charge in [-0.25, -0.2) is 8.42 Å². The van der Waals surface area contributed by atoms with E-state index in [1.807, 2.05) is 19.1 Å². The van der Waals surface area contributed by atoms with Crippen LogP contribution in [0, 0.1) is 6.92 Å². The van der Waals surface area contributed by atoms with Gasteiger partial charge in [0.15, 0.2) is 0 Å². The number of aryl methyl sites for hydroxylation is 1. The summed E-state index contributed by atoms with van der Waals surface area (Å²) in [7, 11) is -3.64. The summed E-state index contributed by atoms with van der Waals surface area (Å²) in [5.41, 5.74) is 1.33. The van der Waals surface area contributed by atoms with E-state index in [4.69, 9.17) is 0 Å². The summed E-state index contributed by atoms with van der Waals surface area (Å²) < 4.78 is 24.2. The molecule has 0 aliphatic rings. The molecule has 0 aliphatic carbocycles. The summed E-state index contributed by atoms with van der Waals surface area (Å²) in [5.74, 6) is -0.248. The van der Waals surface area contributed by atoms with Gasteiger partial charge in [-0.1, -0.05) is 42.5 Å². The fourth-order valence-corrected chi connectivity index (χ4v) is 2.84. The molecule has 2 aromatic rings. The molecule has 0 fully saturated rings. The molecule has 0 aliphatic heterocycles. The van der Waals surface area contributed by atoms with Crippen molar-refractivity contribution in [3.63, 3.8) is 0 Å². The maximum Gasteiger partial charge on any atom is 0.203 e. The molecule has 98 valence electrons. The summed E-state index contributed by atoms with van der Waals surface area (Å²) in [6.45, 7) is 1.81. The Hall–Kier alpha value is -2.07. The van der Waals surface area contributed by atoms with E-state index in [1.165, 1.54) is 12.1 Å². The highest BCUT2D eigenvalue weighted by molar-refractivity contribution is 7.94. The zero-order valence-corrected chi connectivity index (χ0v) is 11.3. The molecule has 0 unspecified atom stereocenters. The first-order valence-electron chi connectivity index (χ1n) is 5.77. The Bertz CT molecular complexity index is 701. The van der Waals surface area contributed by atoms with Gasteiger partial charge < -0.3 is 5.11 Å². The lowest BCUT2D eigenvalue weighted by Gasteiger charge is -2.05. The summed E-state index contributed by atoms with van der Waals surface area (Å²) in [6, 6.07) is 15.1. The molecule has 1 N–H and O–H groups in total. The van der Waals surface area contributed by atoms with Gasteiger partial charge in [-0.3, -0.25) is 0 Å². The number of hydrogen-bond donors (Lipinski definition) is 1. The van der Waals surface area contributed by atoms with Gasteiger partial charge in [0.1, 0.15) is 5.76 Å². The molecule has 0 aromatic heterocycles. The van der Waals surface area contributed by atoms with E-state index < -0.39 is 9.84 Å². The second kappa shape index (κ2) is 5.28. The SMILES string of the molecule is Cc1ccccc1/C(O)=C/S(=O)(=O)c1ccccc1. The van der Waals surface area contributed by atoms with Crippen LogP contribution in [0.1, 0.15) is 11.1 Å². The van der Waals surface area contributed by atoms with Gasteiger partial charge in [0.2, 0.25) is 9.84 Å². The van der Waals surface area contributed by atoms with Crippen molar-refractivity contribution in [1.29, 1.82) is 0 Å². The van der Waals surface area contributed by atoms with E-state index in [1.54, 1.807) is 30.3 Å². The summed E-state index contributed by atoms with van der Waals surface area (Å²) in [4.78, 5) is 0.162. The molecule has 2 aromatic carbocycles. The van der Waals surface area contributed by atoms with Crippen molar-refractivity contribution in [2.45, 2.75) is 11.8 Å². The van der Waals surface area contributed by atoms with Crippen LogP contribution in [0.15, 0.2) is 64.9 Å². The van der Waals surface area contributed by atoms with E-state index in [2.05, 4.69) is 0 Å². The highest BCUT2D eigenvalue weighted by Gasteiger charge is 2.13. The van der Waals surface area contributed by atoms with Crippen molar-refractivity contribution in [2.75, 3.05) is 0 Å². The summed E-state index contributed by atoms with van der Waals surface area (Å²) in [6.07, 6.45) is 0. The lowest BCUT2D eigenvalue weighted by molar-refractivity contribution is 0.511. The quantitative estimate of drug-likeness (QED) is 0.873. The van der Waals surface area contributed by atoms with E-state index in [0.717, 1.165) is 11.0 Å². The minimum Gasteiger partial charge on any atom is -0.507 e. The van der Waals surface area contributed by atoms with Crippen molar-refractivity contribution in [3.05, 3.63) is 71.1 Å². The molecule has 3 nitrogen and oxygen atoms in total. The molecule has 0 spiro atoms. The smallest absolute Gasteiger partial charge is 0.203 e. The van der Waals surface area contributed by atoms with Gasteiger partial charge in [0, 0.05) is 5.56 Å². The predicted octanol–water partition coefficient (Wildman–Crippen LogP) is 3.33. The molecule has 0 saturated carbocycles. The van der Waals surface area contributed by atoms with Crippen molar-refractivity contribution in [2.24, 2.45) is 0 Å². The monoisotopic (exact) mass is 274 g/mol. The molecule has 0 atom stereocenters. The van der Waals surface area contributed by atoms with Crippen LogP contribution in [0.2, 0.25) is 0 Å². The van der Waals surface area contributed by atoms with Crippen LogP contribution in [0.25, 0.3) is 5.76 Å². The fraction of sp³-hybridized carbons (Fsp3) is 0.0667. The largest absolute Gasteiger partial charge is 0.507 e. The Kier molecular flexibility index (Phi) is 3.71. The van der Waals surface area contributed by atoms with Crippen LogP contribution in [0.5, 0.6) is 0 Å². The molecular formula is C15H14O3S. The average molecular weight is 274 g/mol. The second-order valence-corrected chi connectivity index (χ2v) is 5.97. The first-order valence-corrected chi connectivity index (χ1v) is 7.32. The van der Waals surface area contributed by atoms with Crippen LogP contribution in [0.3, 0.4) is 0 Å². The zero-order chi connectivity index (χ0) is 13.9. The van der Waals surface area contributed by atoms with Gasteiger partial charge in [-0.2, -0.15) is 0 Å². The van der Waals surface area contributed by atoms with Crippen LogP contribution in [0.4, 0.5) is 0 Å². The lowest BCUT2D eigenvalue weighted by Crippen LogP contribution is -1.98. The standard InChI is InChI=1S/C15H14O3S/c1-12-7-5-6-10-14(12)15(16)11-19(17,18)13-8-3-2-4-9-13/h2-11,16H,1H3/b15-11-. The average Bonchev–Trinajstić information content (AvgIpc) is 2.39. The molecule has 0 bridgehead atoms. The third-order valence-electron chi connectivity index (χ3n) is 2.76. The predicted molar refractivity (Wildman–Crippen MR) is 75.4 cm³/mol. The molecule has 0 heterocycles. The maximum atomic E-state index is 12.1. The molecule has 0 saturated heterocycles. The van der Waals surface area contributed by atoms with E-state index >= 15 is 0 Å². The first kappa shape index (κ1) is 13.4. The molecular weight excluding hydrogens is 260 g/mol. The Labute approximate surface area is 112 Å². The normalized spacial score (nSPS) is 12.4. The van der Waals surface area contributed by atoms with E-state index in [0.29, 0.717) is 5.56 Å². The third kappa shape index (κ3) is 3.03. The van der Waals surface area contributed by atoms with Gasteiger partial charge >= 0.3 is 0 Å². The molecule has 2 rings (SSSR count). The molecule has 0 radical (unpaired) electrons. The Morgan fingerprint density at radius 3 is 2.21 bits per heavy atom. The van der Waals surface area contributed by atoms with Gasteiger partial charge in [-0.15, -0.1) is 0 Å². The van der Waals surface area contributed by atoms with Crippen LogP contribution in [-0.2, 0) is 9.84 Å². The van der Waals surface area contributed by atoms with Crippen molar-refractivity contribution in [3.8, 4) is 0 Å². The Balaban J connectivity index is 2.45. The van der Waals surface area contributed by atoms with Crippen molar-refractivity contribution in [1.82, 2.24) is 0 Å². The van der Waals surface area contributed by atoms with Gasteiger partial charge in [-0.05, 0) is 24.6 Å². The van der Waals surface area contributed by atoms with Crippen molar-refractivity contribution >= 4 is 15.6 Å². The minimum atomic E-state index is -3.64. The van der Waals surface area contributed by atoms with Crippen molar-refractivity contribution < 1.29 is 13.5 Å². The third-order valence-corrected chi connectivity index (χ3v) is 4.22. The number of aliphatic hydroxyl groups excluding tert-OH is 1. The lowest BCUT2D eigenvalue weighted by atomic mass is 10.1. The number of aliphatic hydroxyl groups is 1. The second-order valence-electron chi connectivity index (χ2n) is 4.18. The van der Waals surface area contributed by atoms with Crippen LogP contribution >= 0.6 is 0 Å².